The molecule has 6 heteroatoms. The summed E-state index contributed by atoms with van der Waals surface area (Å²) in [5.74, 6) is 2.33. The van der Waals surface area contributed by atoms with Gasteiger partial charge in [0, 0.05) is 29.1 Å². The summed E-state index contributed by atoms with van der Waals surface area (Å²) in [5.41, 5.74) is 9.14. The Hall–Kier alpha value is -3.54. The SMILES string of the molecule is NC1=N[C@]2(CO1)c1cc(OC3CCC3)ccc1Oc1ccc(-c3cccnc3)cc12. The third kappa shape index (κ3) is 2.64. The van der Waals surface area contributed by atoms with Gasteiger partial charge in [0.25, 0.3) is 6.02 Å². The van der Waals surface area contributed by atoms with Crippen LogP contribution in [0, 0.1) is 0 Å². The summed E-state index contributed by atoms with van der Waals surface area (Å²) in [6, 6.07) is 16.2. The van der Waals surface area contributed by atoms with Crippen molar-refractivity contribution in [3.8, 4) is 28.4 Å². The van der Waals surface area contributed by atoms with Crippen LogP contribution in [0.2, 0.25) is 0 Å². The van der Waals surface area contributed by atoms with Gasteiger partial charge in [0.15, 0.2) is 5.54 Å². The third-order valence-electron chi connectivity index (χ3n) is 6.12. The van der Waals surface area contributed by atoms with Crippen molar-refractivity contribution in [2.75, 3.05) is 6.61 Å². The molecule has 2 aliphatic heterocycles. The van der Waals surface area contributed by atoms with E-state index in [-0.39, 0.29) is 6.02 Å². The fourth-order valence-corrected chi connectivity index (χ4v) is 4.30. The number of hydrogen-bond donors (Lipinski definition) is 1. The van der Waals surface area contributed by atoms with E-state index in [2.05, 4.69) is 11.1 Å². The molecule has 0 radical (unpaired) electrons. The second-order valence-electron chi connectivity index (χ2n) is 7.98. The fraction of sp³-hybridized carbons (Fsp3) is 0.250. The number of hydrogen-bond acceptors (Lipinski definition) is 6. The molecule has 1 atom stereocenters. The topological polar surface area (TPSA) is 79.0 Å². The first kappa shape index (κ1) is 17.3. The number of benzene rings is 2. The van der Waals surface area contributed by atoms with Gasteiger partial charge in [0.2, 0.25) is 0 Å². The number of ether oxygens (including phenoxy) is 3. The summed E-state index contributed by atoms with van der Waals surface area (Å²) in [7, 11) is 0. The van der Waals surface area contributed by atoms with E-state index < -0.39 is 5.54 Å². The molecular formula is C24H21N3O3. The van der Waals surface area contributed by atoms with Crippen molar-refractivity contribution < 1.29 is 14.2 Å². The van der Waals surface area contributed by atoms with E-state index in [1.54, 1.807) is 6.20 Å². The summed E-state index contributed by atoms with van der Waals surface area (Å²) < 4.78 is 18.1. The highest BCUT2D eigenvalue weighted by atomic mass is 16.5. The van der Waals surface area contributed by atoms with E-state index in [0.717, 1.165) is 52.3 Å². The highest BCUT2D eigenvalue weighted by Crippen LogP contribution is 2.52. The Balaban J connectivity index is 1.50. The van der Waals surface area contributed by atoms with E-state index in [4.69, 9.17) is 24.9 Å². The summed E-state index contributed by atoms with van der Waals surface area (Å²) in [5, 5.41) is 0. The minimum Gasteiger partial charge on any atom is -0.490 e. The zero-order valence-electron chi connectivity index (χ0n) is 16.4. The van der Waals surface area contributed by atoms with E-state index >= 15 is 0 Å². The maximum atomic E-state index is 6.25. The quantitative estimate of drug-likeness (QED) is 0.707. The molecule has 2 aromatic carbocycles. The van der Waals surface area contributed by atoms with Crippen LogP contribution in [-0.4, -0.2) is 23.7 Å². The van der Waals surface area contributed by atoms with Gasteiger partial charge >= 0.3 is 0 Å². The molecule has 0 amide bonds. The minimum absolute atomic E-state index is 0.186. The van der Waals surface area contributed by atoms with Crippen molar-refractivity contribution >= 4 is 6.02 Å². The Bertz CT molecular complexity index is 1160. The van der Waals surface area contributed by atoms with Crippen LogP contribution < -0.4 is 15.2 Å². The minimum atomic E-state index is -0.760. The molecule has 0 saturated heterocycles. The standard InChI is InChI=1S/C24H21N3O3/c25-23-27-24(14-28-23)19-11-15(16-3-2-10-26-13-16)6-8-21(19)30-22-9-7-18(12-20(22)24)29-17-4-1-5-17/h2-3,6-13,17H,1,4-5,14H2,(H2,25,27)/t24-/m0/s1. The van der Waals surface area contributed by atoms with E-state index in [1.165, 1.54) is 6.42 Å². The highest BCUT2D eigenvalue weighted by molar-refractivity contribution is 5.78. The summed E-state index contributed by atoms with van der Waals surface area (Å²) in [6.45, 7) is 0.325. The predicted octanol–water partition coefficient (Wildman–Crippen LogP) is 4.37. The van der Waals surface area contributed by atoms with Crippen molar-refractivity contribution in [3.05, 3.63) is 72.1 Å². The van der Waals surface area contributed by atoms with Crippen molar-refractivity contribution in [1.29, 1.82) is 0 Å². The summed E-state index contributed by atoms with van der Waals surface area (Å²) in [6.07, 6.45) is 7.33. The average molecular weight is 399 g/mol. The first-order valence-corrected chi connectivity index (χ1v) is 10.2. The molecule has 3 aromatic rings. The molecule has 6 nitrogen and oxygen atoms in total. The zero-order chi connectivity index (χ0) is 20.1. The molecule has 1 aliphatic carbocycles. The van der Waals surface area contributed by atoms with Gasteiger partial charge < -0.3 is 19.9 Å². The van der Waals surface area contributed by atoms with Gasteiger partial charge in [0.1, 0.15) is 23.9 Å². The second-order valence-corrected chi connectivity index (χ2v) is 7.98. The number of rotatable bonds is 3. The molecule has 150 valence electrons. The fourth-order valence-electron chi connectivity index (χ4n) is 4.30. The Morgan fingerprint density at radius 3 is 2.53 bits per heavy atom. The van der Waals surface area contributed by atoms with Crippen LogP contribution in [0.3, 0.4) is 0 Å². The molecule has 3 aliphatic rings. The highest BCUT2D eigenvalue weighted by Gasteiger charge is 2.47. The first-order chi connectivity index (χ1) is 14.7. The maximum absolute atomic E-state index is 6.25. The van der Waals surface area contributed by atoms with Crippen LogP contribution in [0.1, 0.15) is 30.4 Å². The Morgan fingerprint density at radius 1 is 1.00 bits per heavy atom. The zero-order valence-corrected chi connectivity index (χ0v) is 16.4. The van der Waals surface area contributed by atoms with Gasteiger partial charge in [-0.25, -0.2) is 4.99 Å². The lowest BCUT2D eigenvalue weighted by Crippen LogP contribution is -2.31. The summed E-state index contributed by atoms with van der Waals surface area (Å²) >= 11 is 0. The number of amidine groups is 1. The van der Waals surface area contributed by atoms with Gasteiger partial charge in [-0.2, -0.15) is 0 Å². The normalized spacial score (nSPS) is 21.7. The second kappa shape index (κ2) is 6.49. The molecule has 3 heterocycles. The van der Waals surface area contributed by atoms with Crippen LogP contribution >= 0.6 is 0 Å². The van der Waals surface area contributed by atoms with Gasteiger partial charge in [-0.1, -0.05) is 12.1 Å². The first-order valence-electron chi connectivity index (χ1n) is 10.2. The third-order valence-corrected chi connectivity index (χ3v) is 6.12. The van der Waals surface area contributed by atoms with Crippen LogP contribution in [0.15, 0.2) is 65.9 Å². The number of nitrogens with two attached hydrogens (primary N) is 1. The van der Waals surface area contributed by atoms with E-state index in [0.29, 0.717) is 12.7 Å². The molecule has 2 N–H and O–H groups in total. The lowest BCUT2D eigenvalue weighted by molar-refractivity contribution is 0.120. The van der Waals surface area contributed by atoms with Crippen molar-refractivity contribution in [3.63, 3.8) is 0 Å². The van der Waals surface area contributed by atoms with Gasteiger partial charge in [-0.15, -0.1) is 0 Å². The van der Waals surface area contributed by atoms with Crippen LogP contribution in [0.5, 0.6) is 17.2 Å². The predicted molar refractivity (Wildman–Crippen MR) is 113 cm³/mol. The van der Waals surface area contributed by atoms with Gasteiger partial charge in [-0.05, 0) is 61.2 Å². The molecule has 6 rings (SSSR count). The van der Waals surface area contributed by atoms with Crippen molar-refractivity contribution in [2.45, 2.75) is 30.9 Å². The van der Waals surface area contributed by atoms with Crippen molar-refractivity contribution in [1.82, 2.24) is 4.98 Å². The van der Waals surface area contributed by atoms with Crippen molar-refractivity contribution in [2.24, 2.45) is 10.7 Å². The van der Waals surface area contributed by atoms with Crippen LogP contribution in [0.25, 0.3) is 11.1 Å². The van der Waals surface area contributed by atoms with Crippen LogP contribution in [0.4, 0.5) is 0 Å². The lowest BCUT2D eigenvalue weighted by atomic mass is 9.80. The molecule has 0 unspecified atom stereocenters. The smallest absolute Gasteiger partial charge is 0.283 e. The molecule has 30 heavy (non-hydrogen) atoms. The number of nitrogens with zero attached hydrogens (tertiary/aromatic N) is 2. The number of pyridine rings is 1. The van der Waals surface area contributed by atoms with Crippen LogP contribution in [-0.2, 0) is 10.3 Å². The Labute approximate surface area is 174 Å². The summed E-state index contributed by atoms with van der Waals surface area (Å²) in [4.78, 5) is 9.02. The molecule has 0 bridgehead atoms. The molecular weight excluding hydrogens is 378 g/mol. The average Bonchev–Trinajstić information content (AvgIpc) is 3.14. The number of aliphatic imine (C=N–C) groups is 1. The number of fused-ring (bicyclic) bond motifs is 4. The van der Waals surface area contributed by atoms with E-state index in [9.17, 15) is 0 Å². The van der Waals surface area contributed by atoms with Gasteiger partial charge in [0.05, 0.1) is 6.10 Å². The number of aromatic nitrogens is 1. The Kier molecular flexibility index (Phi) is 3.75. The maximum Gasteiger partial charge on any atom is 0.283 e. The molecule has 1 saturated carbocycles. The Morgan fingerprint density at radius 2 is 1.83 bits per heavy atom. The monoisotopic (exact) mass is 399 g/mol. The molecule has 1 fully saturated rings. The molecule has 1 aromatic heterocycles. The van der Waals surface area contributed by atoms with E-state index in [1.807, 2.05) is 48.7 Å². The molecule has 1 spiro atoms. The largest absolute Gasteiger partial charge is 0.490 e. The van der Waals surface area contributed by atoms with Gasteiger partial charge in [-0.3, -0.25) is 4.98 Å². The lowest BCUT2D eigenvalue weighted by Gasteiger charge is -2.34.